The van der Waals surface area contributed by atoms with E-state index in [0.29, 0.717) is 50.5 Å². The summed E-state index contributed by atoms with van der Waals surface area (Å²) in [6.07, 6.45) is 0. The summed E-state index contributed by atoms with van der Waals surface area (Å²) in [5.41, 5.74) is 1.25. The number of rotatable bonds is 2. The van der Waals surface area contributed by atoms with E-state index in [2.05, 4.69) is 4.90 Å². The molecule has 2 amide bonds. The highest BCUT2D eigenvalue weighted by Crippen LogP contribution is 2.36. The van der Waals surface area contributed by atoms with Gasteiger partial charge in [-0.3, -0.25) is 14.5 Å². The lowest BCUT2D eigenvalue weighted by atomic mass is 9.82. The van der Waals surface area contributed by atoms with E-state index in [1.54, 1.807) is 0 Å². The number of amides is 2. The van der Waals surface area contributed by atoms with Crippen molar-refractivity contribution in [2.75, 3.05) is 45.9 Å². The van der Waals surface area contributed by atoms with Crippen molar-refractivity contribution in [1.29, 1.82) is 0 Å². The van der Waals surface area contributed by atoms with E-state index < -0.39 is 0 Å². The van der Waals surface area contributed by atoms with Crippen molar-refractivity contribution >= 4 is 11.8 Å². The zero-order chi connectivity index (χ0) is 19.8. The minimum atomic E-state index is -0.179. The van der Waals surface area contributed by atoms with Crippen molar-refractivity contribution < 1.29 is 14.3 Å². The molecule has 150 valence electrons. The van der Waals surface area contributed by atoms with Gasteiger partial charge < -0.3 is 14.5 Å². The van der Waals surface area contributed by atoms with Gasteiger partial charge >= 0.3 is 0 Å². The lowest BCUT2D eigenvalue weighted by molar-refractivity contribution is -0.148. The first-order valence-electron chi connectivity index (χ1n) is 10.2. The monoisotopic (exact) mass is 391 g/mol. The predicted octanol–water partition coefficient (Wildman–Crippen LogP) is 1.74. The van der Waals surface area contributed by atoms with Gasteiger partial charge in [0, 0.05) is 43.9 Å². The summed E-state index contributed by atoms with van der Waals surface area (Å²) in [5, 5.41) is 0. The molecule has 1 spiro atoms. The highest BCUT2D eigenvalue weighted by molar-refractivity contribution is 5.95. The third-order valence-corrected chi connectivity index (χ3v) is 6.34. The Bertz CT molecular complexity index is 896. The molecule has 0 aliphatic carbocycles. The first-order chi connectivity index (χ1) is 14.2. The topological polar surface area (TPSA) is 53.1 Å². The third kappa shape index (κ3) is 3.22. The average molecular weight is 391 g/mol. The van der Waals surface area contributed by atoms with E-state index >= 15 is 0 Å². The van der Waals surface area contributed by atoms with Gasteiger partial charge in [-0.05, 0) is 24.3 Å². The van der Waals surface area contributed by atoms with Crippen LogP contribution in [0.5, 0.6) is 0 Å². The van der Waals surface area contributed by atoms with Crippen LogP contribution in [0.15, 0.2) is 60.7 Å². The molecule has 3 aliphatic heterocycles. The number of morpholine rings is 1. The molecule has 0 aromatic heterocycles. The number of hydrogen-bond donors (Lipinski definition) is 0. The van der Waals surface area contributed by atoms with Crippen LogP contribution in [-0.4, -0.2) is 84.0 Å². The summed E-state index contributed by atoms with van der Waals surface area (Å²) in [6, 6.07) is 19.0. The molecule has 3 saturated heterocycles. The first-order valence-corrected chi connectivity index (χ1v) is 10.2. The van der Waals surface area contributed by atoms with Gasteiger partial charge in [0.1, 0.15) is 0 Å². The molecular formula is C23H25N3O3. The van der Waals surface area contributed by atoms with Crippen LogP contribution in [-0.2, 0) is 4.74 Å². The van der Waals surface area contributed by atoms with Crippen LogP contribution in [0.3, 0.4) is 0 Å². The van der Waals surface area contributed by atoms with Gasteiger partial charge in [-0.25, -0.2) is 0 Å². The summed E-state index contributed by atoms with van der Waals surface area (Å²) in [7, 11) is 0. The van der Waals surface area contributed by atoms with Crippen molar-refractivity contribution in [1.82, 2.24) is 14.7 Å². The molecule has 0 saturated carbocycles. The van der Waals surface area contributed by atoms with Crippen LogP contribution >= 0.6 is 0 Å². The summed E-state index contributed by atoms with van der Waals surface area (Å²) in [5.74, 6) is 0.121. The van der Waals surface area contributed by atoms with E-state index in [1.165, 1.54) is 0 Å². The molecule has 0 N–H and O–H groups in total. The zero-order valence-corrected chi connectivity index (χ0v) is 16.4. The van der Waals surface area contributed by atoms with E-state index in [-0.39, 0.29) is 23.4 Å². The van der Waals surface area contributed by atoms with Crippen molar-refractivity contribution in [3.63, 3.8) is 0 Å². The Morgan fingerprint density at radius 3 is 2.00 bits per heavy atom. The van der Waals surface area contributed by atoms with Crippen molar-refractivity contribution in [3.8, 4) is 0 Å². The molecule has 6 nitrogen and oxygen atoms in total. The molecule has 3 fully saturated rings. The number of ether oxygens (including phenoxy) is 1. The maximum absolute atomic E-state index is 13.1. The average Bonchev–Trinajstić information content (AvgIpc) is 2.77. The predicted molar refractivity (Wildman–Crippen MR) is 109 cm³/mol. The summed E-state index contributed by atoms with van der Waals surface area (Å²) in [4.78, 5) is 32.3. The Balaban J connectivity index is 1.36. The number of carbonyl (C=O) groups excluding carboxylic acids is 2. The van der Waals surface area contributed by atoms with Crippen LogP contribution in [0, 0.1) is 0 Å². The van der Waals surface area contributed by atoms with Crippen LogP contribution in [0.25, 0.3) is 0 Å². The number of nitrogens with zero attached hydrogens (tertiary/aromatic N) is 3. The highest BCUT2D eigenvalue weighted by Gasteiger charge is 2.56. The number of fused-ring (bicyclic) bond motifs is 2. The second-order valence-corrected chi connectivity index (χ2v) is 8.23. The van der Waals surface area contributed by atoms with Gasteiger partial charge in [0.2, 0.25) is 0 Å². The van der Waals surface area contributed by atoms with Gasteiger partial charge in [-0.2, -0.15) is 0 Å². The van der Waals surface area contributed by atoms with E-state index in [9.17, 15) is 9.59 Å². The summed E-state index contributed by atoms with van der Waals surface area (Å²) in [6.45, 7) is 4.80. The maximum Gasteiger partial charge on any atom is 0.253 e. The number of likely N-dealkylation sites (tertiary alicyclic amines) is 1. The highest BCUT2D eigenvalue weighted by atomic mass is 16.5. The largest absolute Gasteiger partial charge is 0.378 e. The first kappa shape index (κ1) is 18.3. The van der Waals surface area contributed by atoms with Crippen LogP contribution in [0.1, 0.15) is 20.7 Å². The van der Waals surface area contributed by atoms with Crippen LogP contribution < -0.4 is 0 Å². The second kappa shape index (κ2) is 7.28. The van der Waals surface area contributed by atoms with Gasteiger partial charge in [0.25, 0.3) is 11.8 Å². The van der Waals surface area contributed by atoms with Crippen molar-refractivity contribution in [2.45, 2.75) is 11.6 Å². The molecule has 0 bridgehead atoms. The lowest BCUT2D eigenvalue weighted by Gasteiger charge is -2.63. The van der Waals surface area contributed by atoms with Gasteiger partial charge in [-0.1, -0.05) is 36.4 Å². The van der Waals surface area contributed by atoms with Gasteiger partial charge in [0.15, 0.2) is 0 Å². The van der Waals surface area contributed by atoms with Crippen molar-refractivity contribution in [3.05, 3.63) is 71.8 Å². The summed E-state index contributed by atoms with van der Waals surface area (Å²) >= 11 is 0. The van der Waals surface area contributed by atoms with E-state index in [4.69, 9.17) is 4.74 Å². The third-order valence-electron chi connectivity index (χ3n) is 6.34. The fourth-order valence-electron chi connectivity index (χ4n) is 4.97. The van der Waals surface area contributed by atoms with E-state index in [1.807, 2.05) is 70.5 Å². The zero-order valence-electron chi connectivity index (χ0n) is 16.4. The summed E-state index contributed by atoms with van der Waals surface area (Å²) < 4.78 is 5.72. The Kier molecular flexibility index (Phi) is 4.60. The SMILES string of the molecule is O=C(c1ccccc1)N1C[C@@H]2COCCN2C2(C1)CN(C(=O)c1ccccc1)C2. The van der Waals surface area contributed by atoms with Crippen LogP contribution in [0.4, 0.5) is 0 Å². The Labute approximate surface area is 170 Å². The Morgan fingerprint density at radius 2 is 1.38 bits per heavy atom. The fraction of sp³-hybridized carbons (Fsp3) is 0.391. The number of hydrogen-bond acceptors (Lipinski definition) is 4. The molecule has 2 aromatic carbocycles. The smallest absolute Gasteiger partial charge is 0.253 e. The van der Waals surface area contributed by atoms with Crippen LogP contribution in [0.2, 0.25) is 0 Å². The molecule has 0 unspecified atom stereocenters. The number of carbonyl (C=O) groups is 2. The van der Waals surface area contributed by atoms with E-state index in [0.717, 1.165) is 6.54 Å². The van der Waals surface area contributed by atoms with Crippen molar-refractivity contribution in [2.24, 2.45) is 0 Å². The molecule has 6 heteroatoms. The lowest BCUT2D eigenvalue weighted by Crippen LogP contribution is -2.81. The molecule has 5 rings (SSSR count). The number of piperazine rings is 1. The fourth-order valence-corrected chi connectivity index (χ4v) is 4.97. The van der Waals surface area contributed by atoms with Gasteiger partial charge in [0.05, 0.1) is 24.8 Å². The molecule has 0 radical (unpaired) electrons. The standard InChI is InChI=1S/C23H25N3O3/c27-21(18-7-3-1-4-8-18)24-13-20-14-29-12-11-26(20)23(15-24)16-25(17-23)22(28)19-9-5-2-6-10-19/h1-10,20H,11-17H2/t20-/m1/s1. The maximum atomic E-state index is 13.1. The normalized spacial score (nSPS) is 23.4. The Hall–Kier alpha value is -2.70. The second-order valence-electron chi connectivity index (χ2n) is 8.23. The molecule has 1 atom stereocenters. The minimum absolute atomic E-state index is 0.0584. The molecule has 2 aromatic rings. The molecule has 3 aliphatic rings. The Morgan fingerprint density at radius 1 is 0.828 bits per heavy atom. The molecular weight excluding hydrogens is 366 g/mol. The van der Waals surface area contributed by atoms with Gasteiger partial charge in [-0.15, -0.1) is 0 Å². The quantitative estimate of drug-likeness (QED) is 0.783. The molecule has 3 heterocycles. The minimum Gasteiger partial charge on any atom is -0.378 e. The molecule has 29 heavy (non-hydrogen) atoms. The number of benzene rings is 2.